The Labute approximate surface area is 131 Å². The van der Waals surface area contributed by atoms with Crippen LogP contribution in [0.1, 0.15) is 63.9 Å². The molecule has 1 atom stereocenters. The fourth-order valence-corrected chi connectivity index (χ4v) is 3.21. The van der Waals surface area contributed by atoms with E-state index in [1.165, 1.54) is 69.0 Å². The lowest BCUT2D eigenvalue weighted by atomic mass is 9.91. The second-order valence-electron chi connectivity index (χ2n) is 6.44. The molecular formula is C20H31N. The summed E-state index contributed by atoms with van der Waals surface area (Å²) in [4.78, 5) is 2.58. The van der Waals surface area contributed by atoms with Gasteiger partial charge in [-0.1, -0.05) is 81.5 Å². The van der Waals surface area contributed by atoms with Gasteiger partial charge >= 0.3 is 0 Å². The molecule has 1 aliphatic rings. The fourth-order valence-electron chi connectivity index (χ4n) is 3.21. The van der Waals surface area contributed by atoms with Crippen molar-refractivity contribution in [1.82, 2.24) is 4.90 Å². The van der Waals surface area contributed by atoms with E-state index < -0.39 is 0 Å². The third kappa shape index (κ3) is 5.32. The first kappa shape index (κ1) is 16.3. The number of hydrogen-bond acceptors (Lipinski definition) is 1. The highest BCUT2D eigenvalue weighted by molar-refractivity contribution is 5.17. The van der Waals surface area contributed by atoms with Crippen molar-refractivity contribution in [2.75, 3.05) is 6.54 Å². The van der Waals surface area contributed by atoms with Crippen molar-refractivity contribution in [3.05, 3.63) is 48.0 Å². The van der Waals surface area contributed by atoms with Gasteiger partial charge in [0.1, 0.15) is 0 Å². The lowest BCUT2D eigenvalue weighted by Crippen LogP contribution is -2.47. The van der Waals surface area contributed by atoms with Crippen LogP contribution in [0.4, 0.5) is 0 Å². The van der Waals surface area contributed by atoms with Crippen LogP contribution in [0.25, 0.3) is 0 Å². The molecule has 21 heavy (non-hydrogen) atoms. The number of unbranched alkanes of at least 4 members (excludes halogenated alkanes) is 5. The van der Waals surface area contributed by atoms with E-state index in [0.29, 0.717) is 6.04 Å². The van der Waals surface area contributed by atoms with Crippen LogP contribution in [0.3, 0.4) is 0 Å². The molecule has 1 aliphatic heterocycles. The van der Waals surface area contributed by atoms with Crippen LogP contribution in [-0.2, 0) is 6.54 Å². The molecular weight excluding hydrogens is 254 g/mol. The maximum atomic E-state index is 4.36. The van der Waals surface area contributed by atoms with Crippen molar-refractivity contribution in [1.29, 1.82) is 0 Å². The van der Waals surface area contributed by atoms with Gasteiger partial charge in [0.25, 0.3) is 0 Å². The Morgan fingerprint density at radius 3 is 2.48 bits per heavy atom. The number of benzene rings is 1. The van der Waals surface area contributed by atoms with E-state index in [-0.39, 0.29) is 0 Å². The summed E-state index contributed by atoms with van der Waals surface area (Å²) in [6, 6.07) is 11.5. The van der Waals surface area contributed by atoms with E-state index in [9.17, 15) is 0 Å². The van der Waals surface area contributed by atoms with Crippen LogP contribution in [-0.4, -0.2) is 17.5 Å². The quantitative estimate of drug-likeness (QED) is 0.401. The Bertz CT molecular complexity index is 409. The Balaban J connectivity index is 1.64. The first-order valence-electron chi connectivity index (χ1n) is 8.77. The zero-order valence-electron chi connectivity index (χ0n) is 13.7. The van der Waals surface area contributed by atoms with Gasteiger partial charge in [0, 0.05) is 19.1 Å². The van der Waals surface area contributed by atoms with E-state index in [0.717, 1.165) is 6.54 Å². The summed E-state index contributed by atoms with van der Waals surface area (Å²) in [5.74, 6) is 0. The van der Waals surface area contributed by atoms with Crippen LogP contribution in [0, 0.1) is 0 Å². The molecule has 1 heterocycles. The molecule has 1 heteroatoms. The number of hydrogen-bond donors (Lipinski definition) is 0. The second kappa shape index (κ2) is 9.04. The predicted octanol–water partition coefficient (Wildman–Crippen LogP) is 5.57. The summed E-state index contributed by atoms with van der Waals surface area (Å²) in [7, 11) is 0. The van der Waals surface area contributed by atoms with Crippen LogP contribution < -0.4 is 0 Å². The highest BCUT2D eigenvalue weighted by Crippen LogP contribution is 2.28. The highest BCUT2D eigenvalue weighted by atomic mass is 15.2. The lowest BCUT2D eigenvalue weighted by molar-refractivity contribution is 0.105. The van der Waals surface area contributed by atoms with E-state index in [1.54, 1.807) is 0 Å². The number of likely N-dealkylation sites (tertiary alicyclic amines) is 1. The summed E-state index contributed by atoms with van der Waals surface area (Å²) in [5.41, 5.74) is 2.89. The van der Waals surface area contributed by atoms with Crippen molar-refractivity contribution >= 4 is 0 Å². The Hall–Kier alpha value is -1.08. The van der Waals surface area contributed by atoms with E-state index in [1.807, 2.05) is 0 Å². The maximum absolute atomic E-state index is 4.36. The van der Waals surface area contributed by atoms with Gasteiger partial charge in [-0.15, -0.1) is 0 Å². The zero-order chi connectivity index (χ0) is 14.9. The minimum atomic E-state index is 0.640. The topological polar surface area (TPSA) is 3.24 Å². The molecule has 0 N–H and O–H groups in total. The first-order valence-corrected chi connectivity index (χ1v) is 8.77. The molecule has 1 aromatic rings. The van der Waals surface area contributed by atoms with E-state index >= 15 is 0 Å². The molecule has 0 amide bonds. The molecule has 2 rings (SSSR count). The lowest BCUT2D eigenvalue weighted by Gasteiger charge is -2.42. The van der Waals surface area contributed by atoms with Gasteiger partial charge in [0.2, 0.25) is 0 Å². The standard InChI is InChI=1S/C20H31N/c1-3-4-5-6-7-9-12-18(2)20-15-16-21(20)17-19-13-10-8-11-14-19/h8,10-11,13-14,20H,2-7,9,12,15-17H2,1H3. The monoisotopic (exact) mass is 285 g/mol. The third-order valence-corrected chi connectivity index (χ3v) is 4.68. The van der Waals surface area contributed by atoms with E-state index in [2.05, 4.69) is 48.7 Å². The molecule has 1 nitrogen and oxygen atoms in total. The van der Waals surface area contributed by atoms with Crippen LogP contribution >= 0.6 is 0 Å². The summed E-state index contributed by atoms with van der Waals surface area (Å²) in [6.07, 6.45) is 10.8. The van der Waals surface area contributed by atoms with Crippen molar-refractivity contribution in [2.45, 2.75) is 70.9 Å². The summed E-state index contributed by atoms with van der Waals surface area (Å²) in [6.45, 7) is 8.95. The summed E-state index contributed by atoms with van der Waals surface area (Å²) in [5, 5.41) is 0. The molecule has 1 fully saturated rings. The minimum Gasteiger partial charge on any atom is -0.292 e. The molecule has 0 bridgehead atoms. The molecule has 1 saturated heterocycles. The maximum Gasteiger partial charge on any atom is 0.0320 e. The van der Waals surface area contributed by atoms with Crippen LogP contribution in [0.2, 0.25) is 0 Å². The Morgan fingerprint density at radius 2 is 1.81 bits per heavy atom. The fraction of sp³-hybridized carbons (Fsp3) is 0.600. The van der Waals surface area contributed by atoms with Gasteiger partial charge in [-0.25, -0.2) is 0 Å². The third-order valence-electron chi connectivity index (χ3n) is 4.68. The summed E-state index contributed by atoms with van der Waals surface area (Å²) < 4.78 is 0. The SMILES string of the molecule is C=C(CCCCCCCC)C1CCN1Cc1ccccc1. The van der Waals surface area contributed by atoms with Gasteiger partial charge in [-0.2, -0.15) is 0 Å². The molecule has 1 aromatic carbocycles. The molecule has 1 unspecified atom stereocenters. The predicted molar refractivity (Wildman–Crippen MR) is 92.4 cm³/mol. The largest absolute Gasteiger partial charge is 0.292 e. The molecule has 116 valence electrons. The molecule has 0 aliphatic carbocycles. The average molecular weight is 285 g/mol. The van der Waals surface area contributed by atoms with Crippen molar-refractivity contribution in [2.24, 2.45) is 0 Å². The molecule has 0 saturated carbocycles. The average Bonchev–Trinajstić information content (AvgIpc) is 2.48. The smallest absolute Gasteiger partial charge is 0.0320 e. The zero-order valence-corrected chi connectivity index (χ0v) is 13.7. The molecule has 0 aromatic heterocycles. The Morgan fingerprint density at radius 1 is 1.10 bits per heavy atom. The van der Waals surface area contributed by atoms with Gasteiger partial charge in [-0.3, -0.25) is 4.90 Å². The van der Waals surface area contributed by atoms with Crippen molar-refractivity contribution in [3.8, 4) is 0 Å². The van der Waals surface area contributed by atoms with Gasteiger partial charge in [0.05, 0.1) is 0 Å². The van der Waals surface area contributed by atoms with Crippen molar-refractivity contribution in [3.63, 3.8) is 0 Å². The van der Waals surface area contributed by atoms with Gasteiger partial charge in [-0.05, 0) is 24.8 Å². The molecule has 0 radical (unpaired) electrons. The first-order chi connectivity index (χ1) is 10.3. The normalized spacial score (nSPS) is 18.4. The minimum absolute atomic E-state index is 0.640. The Kier molecular flexibility index (Phi) is 7.02. The van der Waals surface area contributed by atoms with Gasteiger partial charge in [0.15, 0.2) is 0 Å². The van der Waals surface area contributed by atoms with Crippen LogP contribution in [0.15, 0.2) is 42.5 Å². The van der Waals surface area contributed by atoms with Crippen molar-refractivity contribution < 1.29 is 0 Å². The molecule has 0 spiro atoms. The highest BCUT2D eigenvalue weighted by Gasteiger charge is 2.29. The van der Waals surface area contributed by atoms with Gasteiger partial charge < -0.3 is 0 Å². The summed E-state index contributed by atoms with van der Waals surface area (Å²) >= 11 is 0. The number of rotatable bonds is 10. The van der Waals surface area contributed by atoms with E-state index in [4.69, 9.17) is 0 Å². The van der Waals surface area contributed by atoms with Crippen LogP contribution in [0.5, 0.6) is 0 Å². The number of nitrogens with zero attached hydrogens (tertiary/aromatic N) is 1. The second-order valence-corrected chi connectivity index (χ2v) is 6.44.